The molecule has 0 atom stereocenters. The van der Waals surface area contributed by atoms with Crippen LogP contribution in [0.15, 0.2) is 59.2 Å². The van der Waals surface area contributed by atoms with E-state index in [0.29, 0.717) is 15.8 Å². The van der Waals surface area contributed by atoms with E-state index >= 15 is 0 Å². The molecule has 0 aliphatic carbocycles. The van der Waals surface area contributed by atoms with Crippen LogP contribution in [-0.4, -0.2) is 29.4 Å². The van der Waals surface area contributed by atoms with E-state index in [1.807, 2.05) is 30.3 Å². The molecule has 1 heterocycles. The van der Waals surface area contributed by atoms with E-state index in [4.69, 9.17) is 4.74 Å². The summed E-state index contributed by atoms with van der Waals surface area (Å²) < 4.78 is 37.1. The Bertz CT molecular complexity index is 964. The predicted molar refractivity (Wildman–Crippen MR) is 102 cm³/mol. The van der Waals surface area contributed by atoms with Gasteiger partial charge in [0.25, 0.3) is 5.91 Å². The molecule has 1 amide bonds. The molecular formula is C19H16BrF2N3O3. The van der Waals surface area contributed by atoms with Gasteiger partial charge in [-0.15, -0.1) is 0 Å². The van der Waals surface area contributed by atoms with Crippen LogP contribution in [0.1, 0.15) is 16.1 Å². The number of ether oxygens (including phenoxy) is 2. The number of alkyl halides is 2. The van der Waals surface area contributed by atoms with Gasteiger partial charge in [-0.25, -0.2) is 4.68 Å². The van der Waals surface area contributed by atoms with Gasteiger partial charge in [0.05, 0.1) is 19.0 Å². The van der Waals surface area contributed by atoms with E-state index in [-0.39, 0.29) is 18.0 Å². The number of amides is 1. The van der Waals surface area contributed by atoms with Gasteiger partial charge < -0.3 is 14.8 Å². The Morgan fingerprint density at radius 1 is 1.21 bits per heavy atom. The molecule has 0 saturated heterocycles. The van der Waals surface area contributed by atoms with Gasteiger partial charge in [-0.1, -0.05) is 34.1 Å². The van der Waals surface area contributed by atoms with Crippen molar-refractivity contribution in [2.45, 2.75) is 13.2 Å². The molecule has 1 aromatic heterocycles. The van der Waals surface area contributed by atoms with Crippen LogP contribution in [0.2, 0.25) is 0 Å². The predicted octanol–water partition coefficient (Wildman–Crippen LogP) is 4.17. The molecule has 28 heavy (non-hydrogen) atoms. The Balaban J connectivity index is 1.79. The zero-order valence-corrected chi connectivity index (χ0v) is 16.3. The number of benzene rings is 2. The number of carbonyl (C=O) groups is 1. The molecule has 9 heteroatoms. The molecule has 2 aromatic carbocycles. The molecule has 6 nitrogen and oxygen atoms in total. The SMILES string of the molecule is COc1cn(-c2ccccc2)nc1C(=O)NCc1cc(Br)ccc1OC(F)F. The maximum Gasteiger partial charge on any atom is 0.387 e. The maximum atomic E-state index is 12.6. The van der Waals surface area contributed by atoms with E-state index < -0.39 is 12.5 Å². The highest BCUT2D eigenvalue weighted by Crippen LogP contribution is 2.25. The number of nitrogens with one attached hydrogen (secondary N) is 1. The first-order valence-corrected chi connectivity index (χ1v) is 8.97. The Hall–Kier alpha value is -2.94. The highest BCUT2D eigenvalue weighted by atomic mass is 79.9. The minimum absolute atomic E-state index is 0.0136. The standard InChI is InChI=1S/C19H16BrF2N3O3/c1-27-16-11-25(14-5-3-2-4-6-14)24-17(16)18(26)23-10-12-9-13(20)7-8-15(12)28-19(21)22/h2-9,11,19H,10H2,1H3,(H,23,26). The van der Waals surface area contributed by atoms with Gasteiger partial charge in [0.1, 0.15) is 5.75 Å². The van der Waals surface area contributed by atoms with Crippen molar-refractivity contribution in [3.05, 3.63) is 70.5 Å². The van der Waals surface area contributed by atoms with Crippen LogP contribution in [0.25, 0.3) is 5.69 Å². The van der Waals surface area contributed by atoms with Crippen molar-refractivity contribution in [1.82, 2.24) is 15.1 Å². The summed E-state index contributed by atoms with van der Waals surface area (Å²) in [6.45, 7) is -2.99. The maximum absolute atomic E-state index is 12.6. The first kappa shape index (κ1) is 19.8. The van der Waals surface area contributed by atoms with E-state index in [1.54, 1.807) is 18.3 Å². The number of hydrogen-bond donors (Lipinski definition) is 1. The zero-order chi connectivity index (χ0) is 20.1. The number of nitrogens with zero attached hydrogens (tertiary/aromatic N) is 2. The van der Waals surface area contributed by atoms with E-state index in [9.17, 15) is 13.6 Å². The second kappa shape index (κ2) is 8.83. The van der Waals surface area contributed by atoms with Crippen molar-refractivity contribution in [3.8, 4) is 17.2 Å². The van der Waals surface area contributed by atoms with Crippen LogP contribution in [0.4, 0.5) is 8.78 Å². The summed E-state index contributed by atoms with van der Waals surface area (Å²) in [7, 11) is 1.44. The van der Waals surface area contributed by atoms with Crippen molar-refractivity contribution in [2.75, 3.05) is 7.11 Å². The average molecular weight is 452 g/mol. The van der Waals surface area contributed by atoms with Crippen molar-refractivity contribution >= 4 is 21.8 Å². The van der Waals surface area contributed by atoms with Gasteiger partial charge in [0, 0.05) is 16.6 Å². The Morgan fingerprint density at radius 3 is 2.64 bits per heavy atom. The van der Waals surface area contributed by atoms with Crippen LogP contribution in [-0.2, 0) is 6.54 Å². The summed E-state index contributed by atoms with van der Waals surface area (Å²) in [5.41, 5.74) is 1.24. The molecule has 0 aliphatic rings. The smallest absolute Gasteiger partial charge is 0.387 e. The lowest BCUT2D eigenvalue weighted by molar-refractivity contribution is -0.0504. The molecule has 3 rings (SSSR count). The first-order valence-electron chi connectivity index (χ1n) is 8.18. The third-order valence-electron chi connectivity index (χ3n) is 3.81. The molecule has 0 fully saturated rings. The lowest BCUT2D eigenvalue weighted by atomic mass is 10.2. The van der Waals surface area contributed by atoms with Crippen LogP contribution >= 0.6 is 15.9 Å². The zero-order valence-electron chi connectivity index (χ0n) is 14.7. The molecular weight excluding hydrogens is 436 g/mol. The highest BCUT2D eigenvalue weighted by Gasteiger charge is 2.19. The molecule has 1 N–H and O–H groups in total. The Labute approximate surface area is 168 Å². The highest BCUT2D eigenvalue weighted by molar-refractivity contribution is 9.10. The quantitative estimate of drug-likeness (QED) is 0.585. The fraction of sp³-hybridized carbons (Fsp3) is 0.158. The first-order chi connectivity index (χ1) is 13.5. The van der Waals surface area contributed by atoms with Gasteiger partial charge in [-0.3, -0.25) is 4.79 Å². The van der Waals surface area contributed by atoms with Gasteiger partial charge in [0.2, 0.25) is 0 Å². The minimum Gasteiger partial charge on any atom is -0.493 e. The van der Waals surface area contributed by atoms with E-state index in [2.05, 4.69) is 31.1 Å². The fourth-order valence-electron chi connectivity index (χ4n) is 2.53. The monoisotopic (exact) mass is 451 g/mol. The van der Waals surface area contributed by atoms with Crippen molar-refractivity contribution < 1.29 is 23.0 Å². The summed E-state index contributed by atoms with van der Waals surface area (Å²) in [6.07, 6.45) is 1.59. The molecule has 3 aromatic rings. The summed E-state index contributed by atoms with van der Waals surface area (Å²) >= 11 is 3.28. The molecule has 0 bridgehead atoms. The number of aromatic nitrogens is 2. The lowest BCUT2D eigenvalue weighted by Gasteiger charge is -2.12. The molecule has 0 saturated carbocycles. The van der Waals surface area contributed by atoms with Gasteiger partial charge >= 0.3 is 6.61 Å². The van der Waals surface area contributed by atoms with Crippen molar-refractivity contribution in [1.29, 1.82) is 0 Å². The van der Waals surface area contributed by atoms with Gasteiger partial charge in [0.15, 0.2) is 11.4 Å². The Kier molecular flexibility index (Phi) is 6.25. The van der Waals surface area contributed by atoms with E-state index in [1.165, 1.54) is 17.9 Å². The number of carbonyl (C=O) groups excluding carboxylic acids is 1. The third kappa shape index (κ3) is 4.66. The summed E-state index contributed by atoms with van der Waals surface area (Å²) in [6, 6.07) is 13.8. The second-order valence-corrected chi connectivity index (χ2v) is 6.56. The molecule has 0 radical (unpaired) electrons. The van der Waals surface area contributed by atoms with Crippen LogP contribution in [0.5, 0.6) is 11.5 Å². The average Bonchev–Trinajstić information content (AvgIpc) is 3.13. The van der Waals surface area contributed by atoms with Crippen molar-refractivity contribution in [3.63, 3.8) is 0 Å². The van der Waals surface area contributed by atoms with Crippen LogP contribution < -0.4 is 14.8 Å². The topological polar surface area (TPSA) is 65.4 Å². The van der Waals surface area contributed by atoms with E-state index in [0.717, 1.165) is 5.69 Å². The summed E-state index contributed by atoms with van der Waals surface area (Å²) in [5.74, 6) is -0.227. The number of rotatable bonds is 7. The number of methoxy groups -OCH3 is 1. The van der Waals surface area contributed by atoms with Crippen molar-refractivity contribution in [2.24, 2.45) is 0 Å². The van der Waals surface area contributed by atoms with Crippen LogP contribution in [0, 0.1) is 0 Å². The molecule has 0 spiro atoms. The van der Waals surface area contributed by atoms with Gasteiger partial charge in [-0.05, 0) is 30.3 Å². The third-order valence-corrected chi connectivity index (χ3v) is 4.31. The number of para-hydroxylation sites is 1. The summed E-state index contributed by atoms with van der Waals surface area (Å²) in [4.78, 5) is 12.6. The molecule has 146 valence electrons. The minimum atomic E-state index is -2.96. The summed E-state index contributed by atoms with van der Waals surface area (Å²) in [5, 5.41) is 6.93. The molecule has 0 aliphatic heterocycles. The van der Waals surface area contributed by atoms with Gasteiger partial charge in [-0.2, -0.15) is 13.9 Å². The Morgan fingerprint density at radius 2 is 1.96 bits per heavy atom. The lowest BCUT2D eigenvalue weighted by Crippen LogP contribution is -2.24. The second-order valence-electron chi connectivity index (χ2n) is 5.64. The molecule has 0 unspecified atom stereocenters. The number of halogens is 3. The largest absolute Gasteiger partial charge is 0.493 e. The number of hydrogen-bond acceptors (Lipinski definition) is 4. The normalized spacial score (nSPS) is 10.8. The fourth-order valence-corrected chi connectivity index (χ4v) is 2.94. The van der Waals surface area contributed by atoms with Crippen LogP contribution in [0.3, 0.4) is 0 Å².